The summed E-state index contributed by atoms with van der Waals surface area (Å²) in [5.74, 6) is 1.43. The van der Waals surface area contributed by atoms with E-state index in [0.29, 0.717) is 56.9 Å². The molecule has 1 saturated heterocycles. The minimum absolute atomic E-state index is 0.164. The number of nitrogens with one attached hydrogen (secondary N) is 1. The lowest BCUT2D eigenvalue weighted by Crippen LogP contribution is -2.28. The number of nitrogens with two attached hydrogens (primary N) is 1. The molecular weight excluding hydrogens is 410 g/mol. The van der Waals surface area contributed by atoms with E-state index in [1.165, 1.54) is 6.33 Å². The zero-order valence-corrected chi connectivity index (χ0v) is 18.7. The standard InChI is InChI=1S/C21H29N9O2/c1-4-32-10-9-30-18-17(16(28-30)13(2)3)26-21(29-8-6-14(11-29)19(22)31)27-20(18)25-15-5-7-23-12-24-15/h5,7,12-14H,4,6,8-11H2,1-3H3,(H2,22,31)(H,23,24,25,26,27)/t14-/m1/s1. The summed E-state index contributed by atoms with van der Waals surface area (Å²) in [6.07, 6.45) is 3.83. The first-order valence-corrected chi connectivity index (χ1v) is 10.9. The van der Waals surface area contributed by atoms with Crippen LogP contribution in [0.3, 0.4) is 0 Å². The minimum atomic E-state index is -0.292. The fraction of sp³-hybridized carbons (Fsp3) is 0.524. The van der Waals surface area contributed by atoms with Gasteiger partial charge in [0.1, 0.15) is 23.2 Å². The molecule has 170 valence electrons. The van der Waals surface area contributed by atoms with Crippen LogP contribution < -0.4 is 16.0 Å². The highest BCUT2D eigenvalue weighted by Gasteiger charge is 2.30. The van der Waals surface area contributed by atoms with Crippen LogP contribution in [0.2, 0.25) is 0 Å². The van der Waals surface area contributed by atoms with Gasteiger partial charge in [0.25, 0.3) is 0 Å². The molecule has 1 atom stereocenters. The van der Waals surface area contributed by atoms with Crippen LogP contribution in [0.25, 0.3) is 11.0 Å². The van der Waals surface area contributed by atoms with Gasteiger partial charge in [-0.1, -0.05) is 13.8 Å². The summed E-state index contributed by atoms with van der Waals surface area (Å²) >= 11 is 0. The summed E-state index contributed by atoms with van der Waals surface area (Å²) in [5.41, 5.74) is 7.98. The van der Waals surface area contributed by atoms with Crippen molar-refractivity contribution in [2.45, 2.75) is 39.7 Å². The van der Waals surface area contributed by atoms with Gasteiger partial charge in [-0.25, -0.2) is 15.0 Å². The summed E-state index contributed by atoms with van der Waals surface area (Å²) in [6.45, 7) is 9.06. The van der Waals surface area contributed by atoms with E-state index in [1.807, 2.05) is 16.5 Å². The minimum Gasteiger partial charge on any atom is -0.380 e. The molecule has 3 aromatic rings. The van der Waals surface area contributed by atoms with Gasteiger partial charge in [0, 0.05) is 25.9 Å². The number of aromatic nitrogens is 6. The van der Waals surface area contributed by atoms with Gasteiger partial charge in [-0.3, -0.25) is 9.48 Å². The Hall–Kier alpha value is -3.34. The van der Waals surface area contributed by atoms with Gasteiger partial charge in [0.2, 0.25) is 11.9 Å². The van der Waals surface area contributed by atoms with E-state index in [4.69, 9.17) is 25.5 Å². The van der Waals surface area contributed by atoms with Crippen LogP contribution in [0, 0.1) is 5.92 Å². The summed E-state index contributed by atoms with van der Waals surface area (Å²) in [4.78, 5) is 31.6. The lowest BCUT2D eigenvalue weighted by Gasteiger charge is -2.18. The molecule has 0 spiro atoms. The van der Waals surface area contributed by atoms with E-state index in [0.717, 1.165) is 16.7 Å². The van der Waals surface area contributed by atoms with Crippen molar-refractivity contribution in [2.24, 2.45) is 11.7 Å². The number of hydrogen-bond acceptors (Lipinski definition) is 9. The second-order valence-electron chi connectivity index (χ2n) is 8.08. The monoisotopic (exact) mass is 439 g/mol. The van der Waals surface area contributed by atoms with E-state index in [9.17, 15) is 4.79 Å². The van der Waals surface area contributed by atoms with E-state index in [-0.39, 0.29) is 17.7 Å². The highest BCUT2D eigenvalue weighted by Crippen LogP contribution is 2.32. The summed E-state index contributed by atoms with van der Waals surface area (Å²) in [6, 6.07) is 1.77. The largest absolute Gasteiger partial charge is 0.380 e. The van der Waals surface area contributed by atoms with E-state index < -0.39 is 0 Å². The van der Waals surface area contributed by atoms with Crippen LogP contribution >= 0.6 is 0 Å². The summed E-state index contributed by atoms with van der Waals surface area (Å²) in [5, 5.41) is 8.15. The third-order valence-electron chi connectivity index (χ3n) is 5.50. The Labute approximate surface area is 186 Å². The van der Waals surface area contributed by atoms with Gasteiger partial charge in [0.15, 0.2) is 5.82 Å². The number of primary amides is 1. The van der Waals surface area contributed by atoms with E-state index in [1.54, 1.807) is 12.3 Å². The highest BCUT2D eigenvalue weighted by atomic mass is 16.5. The third-order valence-corrected chi connectivity index (χ3v) is 5.50. The predicted molar refractivity (Wildman–Crippen MR) is 121 cm³/mol. The van der Waals surface area contributed by atoms with Crippen molar-refractivity contribution in [3.63, 3.8) is 0 Å². The normalized spacial score (nSPS) is 16.2. The Morgan fingerprint density at radius 1 is 1.38 bits per heavy atom. The molecule has 0 radical (unpaired) electrons. The summed E-state index contributed by atoms with van der Waals surface area (Å²) < 4.78 is 7.45. The van der Waals surface area contributed by atoms with Crippen molar-refractivity contribution >= 4 is 34.5 Å². The predicted octanol–water partition coefficient (Wildman–Crippen LogP) is 1.83. The second kappa shape index (κ2) is 9.43. The molecule has 0 saturated carbocycles. The SMILES string of the molecule is CCOCCn1nc(C(C)C)c2nc(N3CC[C@@H](C(N)=O)C3)nc(Nc3ccncn3)c21. The topological polar surface area (TPSA) is 137 Å². The fourth-order valence-electron chi connectivity index (χ4n) is 3.83. The number of hydrogen-bond donors (Lipinski definition) is 2. The van der Waals surface area contributed by atoms with Crippen LogP contribution in [0.5, 0.6) is 0 Å². The number of fused-ring (bicyclic) bond motifs is 1. The molecule has 1 aliphatic heterocycles. The average molecular weight is 440 g/mol. The Morgan fingerprint density at radius 2 is 2.22 bits per heavy atom. The van der Waals surface area contributed by atoms with Crippen molar-refractivity contribution < 1.29 is 9.53 Å². The number of rotatable bonds is 9. The van der Waals surface area contributed by atoms with Crippen LogP contribution in [0.4, 0.5) is 17.6 Å². The molecule has 1 fully saturated rings. The third kappa shape index (κ3) is 4.47. The van der Waals surface area contributed by atoms with Gasteiger partial charge >= 0.3 is 0 Å². The lowest BCUT2D eigenvalue weighted by atomic mass is 10.1. The number of amides is 1. The number of ether oxygens (including phenoxy) is 1. The average Bonchev–Trinajstić information content (AvgIpc) is 3.40. The summed E-state index contributed by atoms with van der Waals surface area (Å²) in [7, 11) is 0. The number of carbonyl (C=O) groups is 1. The molecule has 0 aliphatic carbocycles. The number of carbonyl (C=O) groups excluding carboxylic acids is 1. The molecule has 1 aliphatic rings. The second-order valence-corrected chi connectivity index (χ2v) is 8.08. The Balaban J connectivity index is 1.82. The number of anilines is 3. The van der Waals surface area contributed by atoms with Crippen molar-refractivity contribution in [1.82, 2.24) is 29.7 Å². The van der Waals surface area contributed by atoms with Crippen LogP contribution in [0.1, 0.15) is 38.8 Å². The Kier molecular flexibility index (Phi) is 6.45. The first-order valence-electron chi connectivity index (χ1n) is 10.9. The van der Waals surface area contributed by atoms with Crippen molar-refractivity contribution in [1.29, 1.82) is 0 Å². The zero-order valence-electron chi connectivity index (χ0n) is 18.7. The molecule has 0 aromatic carbocycles. The maximum atomic E-state index is 11.7. The van der Waals surface area contributed by atoms with Crippen molar-refractivity contribution in [3.8, 4) is 0 Å². The first kappa shape index (κ1) is 21.9. The van der Waals surface area contributed by atoms with Crippen LogP contribution in [-0.2, 0) is 16.1 Å². The molecule has 32 heavy (non-hydrogen) atoms. The highest BCUT2D eigenvalue weighted by molar-refractivity contribution is 5.90. The van der Waals surface area contributed by atoms with Crippen LogP contribution in [0.15, 0.2) is 18.6 Å². The van der Waals surface area contributed by atoms with Crippen molar-refractivity contribution in [2.75, 3.05) is 36.5 Å². The van der Waals surface area contributed by atoms with Gasteiger partial charge in [-0.2, -0.15) is 10.1 Å². The quantitative estimate of drug-likeness (QED) is 0.478. The van der Waals surface area contributed by atoms with E-state index in [2.05, 4.69) is 29.1 Å². The molecule has 4 rings (SSSR count). The molecule has 3 N–H and O–H groups in total. The van der Waals surface area contributed by atoms with Gasteiger partial charge in [-0.15, -0.1) is 0 Å². The molecule has 11 nitrogen and oxygen atoms in total. The van der Waals surface area contributed by atoms with Gasteiger partial charge in [0.05, 0.1) is 24.8 Å². The molecule has 0 bridgehead atoms. The number of nitrogens with zero attached hydrogens (tertiary/aromatic N) is 7. The molecule has 0 unspecified atom stereocenters. The molecule has 4 heterocycles. The lowest BCUT2D eigenvalue weighted by molar-refractivity contribution is -0.121. The Bertz CT molecular complexity index is 1080. The zero-order chi connectivity index (χ0) is 22.7. The van der Waals surface area contributed by atoms with Crippen molar-refractivity contribution in [3.05, 3.63) is 24.3 Å². The van der Waals surface area contributed by atoms with Gasteiger partial charge < -0.3 is 20.7 Å². The van der Waals surface area contributed by atoms with E-state index >= 15 is 0 Å². The Morgan fingerprint density at radius 3 is 2.88 bits per heavy atom. The molecule has 11 heteroatoms. The smallest absolute Gasteiger partial charge is 0.228 e. The van der Waals surface area contributed by atoms with Gasteiger partial charge in [-0.05, 0) is 25.3 Å². The molecule has 3 aromatic heterocycles. The van der Waals surface area contributed by atoms with Crippen LogP contribution in [-0.4, -0.2) is 61.9 Å². The molecule has 1 amide bonds. The fourth-order valence-corrected chi connectivity index (χ4v) is 3.83. The molecular formula is C21H29N9O2. The first-order chi connectivity index (χ1) is 15.5. The maximum Gasteiger partial charge on any atom is 0.228 e. The maximum absolute atomic E-state index is 11.7.